The molecule has 1 heterocycles. The molecule has 1 aromatic carbocycles. The van der Waals surface area contributed by atoms with E-state index in [-0.39, 0.29) is 0 Å². The van der Waals surface area contributed by atoms with Crippen molar-refractivity contribution < 1.29 is 0 Å². The van der Waals surface area contributed by atoms with Gasteiger partial charge in [0.1, 0.15) is 10.0 Å². The first-order chi connectivity index (χ1) is 10.4. The van der Waals surface area contributed by atoms with E-state index in [0.717, 1.165) is 38.8 Å². The number of benzene rings is 1. The van der Waals surface area contributed by atoms with Crippen molar-refractivity contribution in [1.82, 2.24) is 15.5 Å². The van der Waals surface area contributed by atoms with Gasteiger partial charge in [0.15, 0.2) is 0 Å². The average molecular weight is 301 g/mol. The lowest BCUT2D eigenvalue weighted by Gasteiger charge is -2.02. The summed E-state index contributed by atoms with van der Waals surface area (Å²) in [6, 6.07) is 8.76. The van der Waals surface area contributed by atoms with Crippen LogP contribution in [0.4, 0.5) is 0 Å². The predicted molar refractivity (Wildman–Crippen MR) is 88.0 cm³/mol. The maximum Gasteiger partial charge on any atom is 0.121 e. The molecule has 0 radical (unpaired) electrons. The van der Waals surface area contributed by atoms with Gasteiger partial charge in [-0.3, -0.25) is 0 Å². The summed E-state index contributed by atoms with van der Waals surface area (Å²) in [6.07, 6.45) is 5.66. The number of nitrogens with one attached hydrogen (secondary N) is 1. The highest BCUT2D eigenvalue weighted by Gasteiger charge is 2.25. The van der Waals surface area contributed by atoms with Crippen molar-refractivity contribution in [2.75, 3.05) is 13.1 Å². The Hall–Kier alpha value is -1.26. The van der Waals surface area contributed by atoms with Crippen LogP contribution in [0, 0.1) is 0 Å². The summed E-state index contributed by atoms with van der Waals surface area (Å²) in [7, 11) is 0. The summed E-state index contributed by atoms with van der Waals surface area (Å²) < 4.78 is 0. The van der Waals surface area contributed by atoms with Crippen LogP contribution in [0.5, 0.6) is 0 Å². The molecule has 0 bridgehead atoms. The molecule has 0 atom stereocenters. The van der Waals surface area contributed by atoms with E-state index in [1.807, 2.05) is 11.3 Å². The van der Waals surface area contributed by atoms with E-state index in [1.54, 1.807) is 0 Å². The van der Waals surface area contributed by atoms with Crippen molar-refractivity contribution >= 4 is 11.3 Å². The highest BCUT2D eigenvalue weighted by Crippen LogP contribution is 2.35. The van der Waals surface area contributed by atoms with E-state index in [4.69, 9.17) is 0 Å². The van der Waals surface area contributed by atoms with Crippen molar-refractivity contribution in [3.63, 3.8) is 0 Å². The van der Waals surface area contributed by atoms with Crippen LogP contribution in [0.3, 0.4) is 0 Å². The molecular weight excluding hydrogens is 278 g/mol. The molecule has 0 saturated heterocycles. The van der Waals surface area contributed by atoms with Gasteiger partial charge in [0.2, 0.25) is 0 Å². The second-order valence-electron chi connectivity index (χ2n) is 5.76. The van der Waals surface area contributed by atoms with Crippen LogP contribution in [0.25, 0.3) is 0 Å². The van der Waals surface area contributed by atoms with E-state index in [1.165, 1.54) is 27.6 Å². The molecule has 1 N–H and O–H groups in total. The smallest absolute Gasteiger partial charge is 0.121 e. The van der Waals surface area contributed by atoms with E-state index in [2.05, 4.69) is 46.7 Å². The second kappa shape index (κ2) is 7.14. The quantitative estimate of drug-likeness (QED) is 0.797. The van der Waals surface area contributed by atoms with Gasteiger partial charge < -0.3 is 5.32 Å². The number of nitrogens with zero attached hydrogens (tertiary/aromatic N) is 2. The topological polar surface area (TPSA) is 37.8 Å². The van der Waals surface area contributed by atoms with Gasteiger partial charge in [-0.2, -0.15) is 0 Å². The Morgan fingerprint density at radius 3 is 2.62 bits per heavy atom. The van der Waals surface area contributed by atoms with E-state index >= 15 is 0 Å². The number of aryl methyl sites for hydroxylation is 1. The van der Waals surface area contributed by atoms with Crippen LogP contribution in [0.2, 0.25) is 0 Å². The standard InChI is InChI=1S/C17H23N3S/c1-2-9-18-10-5-8-16-19-20-17(21-16)15-11-13-6-3-4-7-14(13)12-15/h3-4,6-7,15,18H,2,5,8-12H2,1H3. The van der Waals surface area contributed by atoms with Crippen LogP contribution in [0.1, 0.15) is 46.8 Å². The number of rotatable bonds is 7. The molecule has 21 heavy (non-hydrogen) atoms. The van der Waals surface area contributed by atoms with Crippen molar-refractivity contribution in [3.05, 3.63) is 45.4 Å². The lowest BCUT2D eigenvalue weighted by molar-refractivity contribution is 0.637. The maximum absolute atomic E-state index is 4.44. The third-order valence-corrected chi connectivity index (χ3v) is 5.20. The van der Waals surface area contributed by atoms with Gasteiger partial charge in [0.05, 0.1) is 0 Å². The molecule has 0 amide bonds. The molecule has 3 rings (SSSR count). The normalized spacial score (nSPS) is 14.5. The molecule has 1 aromatic heterocycles. The van der Waals surface area contributed by atoms with Crippen molar-refractivity contribution in [3.8, 4) is 0 Å². The summed E-state index contributed by atoms with van der Waals surface area (Å²) in [4.78, 5) is 0. The summed E-state index contributed by atoms with van der Waals surface area (Å²) in [5, 5.41) is 14.7. The van der Waals surface area contributed by atoms with Crippen molar-refractivity contribution in [2.45, 2.75) is 44.9 Å². The molecule has 1 aliphatic rings. The lowest BCUT2D eigenvalue weighted by atomic mass is 10.1. The molecule has 112 valence electrons. The van der Waals surface area contributed by atoms with Gasteiger partial charge >= 0.3 is 0 Å². The first kappa shape index (κ1) is 14.7. The minimum absolute atomic E-state index is 0.548. The minimum atomic E-state index is 0.548. The Kier molecular flexibility index (Phi) is 4.99. The fourth-order valence-electron chi connectivity index (χ4n) is 2.93. The molecule has 1 aliphatic carbocycles. The van der Waals surface area contributed by atoms with Crippen molar-refractivity contribution in [1.29, 1.82) is 0 Å². The Bertz CT molecular complexity index is 554. The highest BCUT2D eigenvalue weighted by molar-refractivity contribution is 7.11. The van der Waals surface area contributed by atoms with Gasteiger partial charge in [-0.25, -0.2) is 0 Å². The first-order valence-corrected chi connectivity index (χ1v) is 8.78. The fourth-order valence-corrected chi connectivity index (χ4v) is 3.92. The Balaban J connectivity index is 1.52. The molecule has 0 fully saturated rings. The monoisotopic (exact) mass is 301 g/mol. The third-order valence-electron chi connectivity index (χ3n) is 4.05. The first-order valence-electron chi connectivity index (χ1n) is 7.96. The summed E-state index contributed by atoms with van der Waals surface area (Å²) in [6.45, 7) is 4.39. The summed E-state index contributed by atoms with van der Waals surface area (Å²) in [5.74, 6) is 0.548. The van der Waals surface area contributed by atoms with Crippen LogP contribution >= 0.6 is 11.3 Å². The minimum Gasteiger partial charge on any atom is -0.317 e. The zero-order chi connectivity index (χ0) is 14.5. The van der Waals surface area contributed by atoms with Gasteiger partial charge in [0.25, 0.3) is 0 Å². The molecule has 4 heteroatoms. The van der Waals surface area contributed by atoms with Crippen LogP contribution in [0.15, 0.2) is 24.3 Å². The van der Waals surface area contributed by atoms with Crippen LogP contribution in [-0.4, -0.2) is 23.3 Å². The van der Waals surface area contributed by atoms with Gasteiger partial charge in [-0.05, 0) is 49.9 Å². The molecule has 2 aromatic rings. The second-order valence-corrected chi connectivity index (χ2v) is 6.86. The third kappa shape index (κ3) is 3.69. The largest absolute Gasteiger partial charge is 0.317 e. The number of aromatic nitrogens is 2. The summed E-state index contributed by atoms with van der Waals surface area (Å²) in [5.41, 5.74) is 2.98. The summed E-state index contributed by atoms with van der Waals surface area (Å²) >= 11 is 1.81. The fraction of sp³-hybridized carbons (Fsp3) is 0.529. The van der Waals surface area contributed by atoms with Crippen LogP contribution in [-0.2, 0) is 19.3 Å². The average Bonchev–Trinajstić information content (AvgIpc) is 3.13. The van der Waals surface area contributed by atoms with E-state index in [0.29, 0.717) is 5.92 Å². The van der Waals surface area contributed by atoms with E-state index in [9.17, 15) is 0 Å². The Labute approximate surface area is 130 Å². The zero-order valence-corrected chi connectivity index (χ0v) is 13.5. The Morgan fingerprint density at radius 2 is 1.90 bits per heavy atom. The molecule has 0 aliphatic heterocycles. The SMILES string of the molecule is CCCNCCCc1nnc(C2Cc3ccccc3C2)s1. The van der Waals surface area contributed by atoms with Gasteiger partial charge in [0, 0.05) is 12.3 Å². The molecule has 0 unspecified atom stereocenters. The molecule has 3 nitrogen and oxygen atoms in total. The molecule has 0 spiro atoms. The van der Waals surface area contributed by atoms with Gasteiger partial charge in [-0.1, -0.05) is 31.2 Å². The molecule has 0 saturated carbocycles. The molecular formula is C17H23N3S. The number of hydrogen-bond acceptors (Lipinski definition) is 4. The van der Waals surface area contributed by atoms with E-state index < -0.39 is 0 Å². The van der Waals surface area contributed by atoms with Crippen LogP contribution < -0.4 is 5.32 Å². The maximum atomic E-state index is 4.44. The highest BCUT2D eigenvalue weighted by atomic mass is 32.1. The Morgan fingerprint density at radius 1 is 1.14 bits per heavy atom. The zero-order valence-electron chi connectivity index (χ0n) is 12.6. The number of fused-ring (bicyclic) bond motifs is 1. The van der Waals surface area contributed by atoms with Gasteiger partial charge in [-0.15, -0.1) is 21.5 Å². The van der Waals surface area contributed by atoms with Crippen molar-refractivity contribution in [2.24, 2.45) is 0 Å². The number of hydrogen-bond donors (Lipinski definition) is 1. The predicted octanol–water partition coefficient (Wildman–Crippen LogP) is 3.35. The lowest BCUT2D eigenvalue weighted by Crippen LogP contribution is -2.16.